The molecule has 4 heterocycles. The van der Waals surface area contributed by atoms with Crippen LogP contribution in [0.15, 0.2) is 140 Å². The first-order valence-electron chi connectivity index (χ1n) is 21.7. The lowest BCUT2D eigenvalue weighted by Crippen LogP contribution is -2.43. The average molecular weight is 911 g/mol. The number of piperazine rings is 1. The summed E-state index contributed by atoms with van der Waals surface area (Å²) in [6.07, 6.45) is 12.3. The van der Waals surface area contributed by atoms with E-state index in [9.17, 15) is 14.0 Å². The predicted octanol–water partition coefficient (Wildman–Crippen LogP) is 9.02. The van der Waals surface area contributed by atoms with E-state index in [1.54, 1.807) is 24.3 Å². The zero-order chi connectivity index (χ0) is 45.9. The van der Waals surface area contributed by atoms with E-state index in [1.807, 2.05) is 91.9 Å². The highest BCUT2D eigenvalue weighted by molar-refractivity contribution is 6.31. The smallest absolute Gasteiger partial charge is 0.248 e. The van der Waals surface area contributed by atoms with Crippen LogP contribution < -0.4 is 37.2 Å². The molecule has 17 heteroatoms. The number of anilines is 10. The Bertz CT molecular complexity index is 2620. The van der Waals surface area contributed by atoms with Crippen LogP contribution in [0.3, 0.4) is 0 Å². The molecule has 0 unspecified atom stereocenters. The van der Waals surface area contributed by atoms with Crippen molar-refractivity contribution in [2.24, 2.45) is 0 Å². The molecule has 2 amide bonds. The van der Waals surface area contributed by atoms with Gasteiger partial charge in [0.2, 0.25) is 11.8 Å². The summed E-state index contributed by atoms with van der Waals surface area (Å²) < 4.78 is 13.4. The standard InChI is InChI=1S/C25H29N7O.C24H24ClFN6O/c1-19-5-2-6-20(15-19)29-23-17-24(28-18-27-23)30-21-7-3-8-22(16-21)31-25(33)9-4-12-32-13-10-26-11-14-32;25-20-14-19(8-9-21(20)26)30-23-15-22(27-16-28-23)29-17-5-3-6-18(13-17)31-24(33)7-4-12-32-10-1-2-11-32/h2-9,15-18,26H,10-14H2,1H3,(H,31,33)(H2,27,28,29,30);3-9,13-16H,1-2,10-12H2,(H,31,33)(H2,27,28,29,30)/b9-4+;7-4+. The number of likely N-dealkylation sites (tertiary alicyclic amines) is 1. The van der Waals surface area contributed by atoms with Crippen molar-refractivity contribution in [3.05, 3.63) is 156 Å². The zero-order valence-corrected chi connectivity index (χ0v) is 37.4. The molecule has 6 aromatic rings. The first-order valence-corrected chi connectivity index (χ1v) is 22.1. The molecule has 340 valence electrons. The van der Waals surface area contributed by atoms with Gasteiger partial charge in [0, 0.05) is 97.7 Å². The summed E-state index contributed by atoms with van der Waals surface area (Å²) in [5, 5.41) is 21.9. The van der Waals surface area contributed by atoms with Crippen LogP contribution in [0.5, 0.6) is 0 Å². The molecule has 0 spiro atoms. The maximum Gasteiger partial charge on any atom is 0.248 e. The molecule has 2 fully saturated rings. The molecule has 0 radical (unpaired) electrons. The first kappa shape index (κ1) is 46.7. The van der Waals surface area contributed by atoms with E-state index < -0.39 is 5.82 Å². The summed E-state index contributed by atoms with van der Waals surface area (Å²) in [7, 11) is 0. The van der Waals surface area contributed by atoms with Crippen LogP contribution in [0.4, 0.5) is 61.8 Å². The van der Waals surface area contributed by atoms with E-state index in [0.717, 1.165) is 69.4 Å². The van der Waals surface area contributed by atoms with Crippen LogP contribution >= 0.6 is 11.6 Å². The number of carbonyl (C=O) groups is 2. The highest BCUT2D eigenvalue weighted by Gasteiger charge is 2.11. The number of aryl methyl sites for hydroxylation is 1. The van der Waals surface area contributed by atoms with Gasteiger partial charge in [0.1, 0.15) is 41.7 Å². The Morgan fingerprint density at radius 2 is 1.03 bits per heavy atom. The summed E-state index contributed by atoms with van der Waals surface area (Å²) in [4.78, 5) is 46.1. The minimum absolute atomic E-state index is 0.0251. The van der Waals surface area contributed by atoms with Crippen molar-refractivity contribution in [1.82, 2.24) is 35.1 Å². The van der Waals surface area contributed by atoms with Crippen LogP contribution in [0.25, 0.3) is 0 Å². The Labute approximate surface area is 389 Å². The van der Waals surface area contributed by atoms with Gasteiger partial charge in [-0.2, -0.15) is 0 Å². The van der Waals surface area contributed by atoms with Gasteiger partial charge < -0.3 is 37.2 Å². The predicted molar refractivity (Wildman–Crippen MR) is 263 cm³/mol. The molecular weight excluding hydrogens is 857 g/mol. The molecule has 2 saturated heterocycles. The van der Waals surface area contributed by atoms with Crippen molar-refractivity contribution in [2.45, 2.75) is 19.8 Å². The second-order valence-electron chi connectivity index (χ2n) is 15.6. The molecule has 66 heavy (non-hydrogen) atoms. The van der Waals surface area contributed by atoms with E-state index in [4.69, 9.17) is 11.6 Å². The van der Waals surface area contributed by atoms with Crippen molar-refractivity contribution >= 4 is 80.8 Å². The van der Waals surface area contributed by atoms with Gasteiger partial charge in [-0.3, -0.25) is 19.4 Å². The van der Waals surface area contributed by atoms with E-state index in [2.05, 4.69) is 73.0 Å². The fourth-order valence-electron chi connectivity index (χ4n) is 7.07. The fraction of sp³-hybridized carbons (Fsp3) is 0.224. The Hall–Kier alpha value is -7.24. The Morgan fingerprint density at radius 1 is 0.591 bits per heavy atom. The molecule has 8 rings (SSSR count). The first-order chi connectivity index (χ1) is 32.2. The van der Waals surface area contributed by atoms with Crippen LogP contribution in [0.1, 0.15) is 18.4 Å². The van der Waals surface area contributed by atoms with E-state index in [1.165, 1.54) is 43.2 Å². The second-order valence-corrected chi connectivity index (χ2v) is 16.0. The van der Waals surface area contributed by atoms with E-state index in [-0.39, 0.29) is 16.8 Å². The minimum Gasteiger partial charge on any atom is -0.340 e. The van der Waals surface area contributed by atoms with Gasteiger partial charge in [0.05, 0.1) is 5.02 Å². The largest absolute Gasteiger partial charge is 0.340 e. The summed E-state index contributed by atoms with van der Waals surface area (Å²) in [5.74, 6) is 1.61. The lowest BCUT2D eigenvalue weighted by atomic mass is 10.2. The lowest BCUT2D eigenvalue weighted by Gasteiger charge is -2.25. The lowest BCUT2D eigenvalue weighted by molar-refractivity contribution is -0.112. The number of nitrogens with one attached hydrogen (secondary N) is 7. The molecular formula is C49H53ClFN13O2. The van der Waals surface area contributed by atoms with Crippen LogP contribution in [0, 0.1) is 12.7 Å². The van der Waals surface area contributed by atoms with E-state index >= 15 is 0 Å². The van der Waals surface area contributed by atoms with Gasteiger partial charge in [-0.05, 0) is 105 Å². The Kier molecular flexibility index (Phi) is 17.1. The number of hydrogen-bond donors (Lipinski definition) is 7. The third-order valence-corrected chi connectivity index (χ3v) is 10.6. The Morgan fingerprint density at radius 3 is 1.52 bits per heavy atom. The van der Waals surface area contributed by atoms with Crippen molar-refractivity contribution < 1.29 is 14.0 Å². The van der Waals surface area contributed by atoms with Crippen LogP contribution in [-0.4, -0.2) is 93.9 Å². The minimum atomic E-state index is -0.485. The normalized spacial score (nSPS) is 14.0. The summed E-state index contributed by atoms with van der Waals surface area (Å²) in [6, 6.07) is 30.9. The van der Waals surface area contributed by atoms with Crippen molar-refractivity contribution in [2.75, 3.05) is 84.3 Å². The number of rotatable bonds is 16. The number of amides is 2. The summed E-state index contributed by atoms with van der Waals surface area (Å²) in [6.45, 7) is 9.81. The second kappa shape index (κ2) is 24.2. The van der Waals surface area contributed by atoms with Crippen LogP contribution in [0.2, 0.25) is 5.02 Å². The molecule has 0 saturated carbocycles. The molecule has 2 aliphatic rings. The SMILES string of the molecule is Cc1cccc(Nc2cc(Nc3cccc(NC(=O)/C=C/CN4CCNCC4)c3)ncn2)c1.O=C(/C=C/CN1CCCC1)Nc1cccc(Nc2cc(Nc3ccc(F)c(Cl)c3)ncn2)c1. The summed E-state index contributed by atoms with van der Waals surface area (Å²) >= 11 is 5.83. The fourth-order valence-corrected chi connectivity index (χ4v) is 7.25. The highest BCUT2D eigenvalue weighted by Crippen LogP contribution is 2.25. The van der Waals surface area contributed by atoms with Gasteiger partial charge in [-0.1, -0.05) is 48.0 Å². The monoisotopic (exact) mass is 909 g/mol. The maximum absolute atomic E-state index is 13.4. The number of halogens is 2. The van der Waals surface area contributed by atoms with Crippen molar-refractivity contribution in [1.29, 1.82) is 0 Å². The number of nitrogens with zero attached hydrogens (tertiary/aromatic N) is 6. The summed E-state index contributed by atoms with van der Waals surface area (Å²) in [5.41, 5.74) is 5.70. The van der Waals surface area contributed by atoms with Crippen LogP contribution in [-0.2, 0) is 9.59 Å². The number of benzene rings is 4. The van der Waals surface area contributed by atoms with Crippen molar-refractivity contribution in [3.63, 3.8) is 0 Å². The average Bonchev–Trinajstić information content (AvgIpc) is 3.83. The van der Waals surface area contributed by atoms with E-state index in [0.29, 0.717) is 40.3 Å². The molecule has 2 aromatic heterocycles. The molecule has 0 aliphatic carbocycles. The highest BCUT2D eigenvalue weighted by atomic mass is 35.5. The van der Waals surface area contributed by atoms with Gasteiger partial charge in [-0.25, -0.2) is 24.3 Å². The molecule has 0 atom stereocenters. The molecule has 2 aliphatic heterocycles. The third kappa shape index (κ3) is 15.5. The van der Waals surface area contributed by atoms with Crippen molar-refractivity contribution in [3.8, 4) is 0 Å². The zero-order valence-electron chi connectivity index (χ0n) is 36.6. The molecule has 15 nitrogen and oxygen atoms in total. The maximum atomic E-state index is 13.4. The van der Waals surface area contributed by atoms with Gasteiger partial charge >= 0.3 is 0 Å². The molecule has 7 N–H and O–H groups in total. The van der Waals surface area contributed by atoms with Gasteiger partial charge in [0.15, 0.2) is 0 Å². The quantitative estimate of drug-likeness (QED) is 0.0459. The number of aromatic nitrogens is 4. The Balaban J connectivity index is 0.000000196. The third-order valence-electron chi connectivity index (χ3n) is 10.3. The molecule has 4 aromatic carbocycles. The molecule has 0 bridgehead atoms. The van der Waals surface area contributed by atoms with Gasteiger partial charge in [-0.15, -0.1) is 0 Å². The topological polar surface area (TPSA) is 176 Å². The number of hydrogen-bond acceptors (Lipinski definition) is 13. The van der Waals surface area contributed by atoms with Gasteiger partial charge in [0.25, 0.3) is 0 Å². The number of carbonyl (C=O) groups excluding carboxylic acids is 2.